The van der Waals surface area contributed by atoms with Gasteiger partial charge >= 0.3 is 6.18 Å². The largest absolute Gasteiger partial charge is 0.424 e. The zero-order chi connectivity index (χ0) is 21.9. The highest BCUT2D eigenvalue weighted by Crippen LogP contribution is 2.40. The molecule has 1 aromatic rings. The third-order valence-electron chi connectivity index (χ3n) is 4.95. The van der Waals surface area contributed by atoms with E-state index < -0.39 is 24.0 Å². The third kappa shape index (κ3) is 7.53. The minimum absolute atomic E-state index is 0.0951. The van der Waals surface area contributed by atoms with Crippen LogP contribution >= 0.6 is 0 Å². The van der Waals surface area contributed by atoms with Gasteiger partial charge in [-0.1, -0.05) is 33.1 Å². The molecule has 0 aliphatic carbocycles. The van der Waals surface area contributed by atoms with Crippen molar-refractivity contribution < 1.29 is 18.3 Å². The van der Waals surface area contributed by atoms with Crippen LogP contribution in [0.5, 0.6) is 0 Å². The normalized spacial score (nSPS) is 15.8. The lowest BCUT2D eigenvalue weighted by Gasteiger charge is -2.30. The first kappa shape index (κ1) is 25.3. The number of imidazole rings is 1. The number of nitrogens with zero attached hydrogens (tertiary/aromatic N) is 3. The molecule has 9 heteroatoms. The van der Waals surface area contributed by atoms with E-state index in [1.807, 2.05) is 6.92 Å². The van der Waals surface area contributed by atoms with E-state index in [1.54, 1.807) is 0 Å². The molecule has 0 saturated heterocycles. The van der Waals surface area contributed by atoms with E-state index in [0.29, 0.717) is 25.0 Å². The molecular formula is C20H36F3N5O. The molecule has 0 saturated carbocycles. The Labute approximate surface area is 172 Å². The monoisotopic (exact) mass is 419 g/mol. The highest BCUT2D eigenvalue weighted by atomic mass is 19.4. The van der Waals surface area contributed by atoms with Gasteiger partial charge < -0.3 is 20.3 Å². The molecule has 29 heavy (non-hydrogen) atoms. The average Bonchev–Trinajstić information content (AvgIpc) is 3.09. The van der Waals surface area contributed by atoms with Gasteiger partial charge in [-0.15, -0.1) is 0 Å². The molecule has 0 spiro atoms. The van der Waals surface area contributed by atoms with Gasteiger partial charge in [-0.05, 0) is 25.7 Å². The second kappa shape index (κ2) is 12.0. The second-order valence-corrected chi connectivity index (χ2v) is 7.41. The van der Waals surface area contributed by atoms with E-state index >= 15 is 0 Å². The van der Waals surface area contributed by atoms with Crippen molar-refractivity contribution >= 4 is 5.96 Å². The molecular weight excluding hydrogens is 383 g/mol. The van der Waals surface area contributed by atoms with Crippen molar-refractivity contribution in [2.75, 3.05) is 19.6 Å². The van der Waals surface area contributed by atoms with Crippen molar-refractivity contribution in [3.63, 3.8) is 0 Å². The lowest BCUT2D eigenvalue weighted by Crippen LogP contribution is -2.48. The maximum Gasteiger partial charge on any atom is 0.424 e. The Hall–Kier alpha value is -1.77. The van der Waals surface area contributed by atoms with Crippen LogP contribution in [0, 0.1) is 5.92 Å². The van der Waals surface area contributed by atoms with Crippen molar-refractivity contribution in [2.24, 2.45) is 18.0 Å². The molecule has 3 N–H and O–H groups in total. The fourth-order valence-corrected chi connectivity index (χ4v) is 3.30. The predicted octanol–water partition coefficient (Wildman–Crippen LogP) is 3.72. The molecule has 0 aliphatic rings. The van der Waals surface area contributed by atoms with Gasteiger partial charge in [-0.3, -0.25) is 4.99 Å². The van der Waals surface area contributed by atoms with Crippen molar-refractivity contribution in [1.29, 1.82) is 0 Å². The number of guanidine groups is 1. The van der Waals surface area contributed by atoms with Gasteiger partial charge in [0, 0.05) is 45.5 Å². The Morgan fingerprint density at radius 3 is 2.45 bits per heavy atom. The van der Waals surface area contributed by atoms with Gasteiger partial charge in [0.15, 0.2) is 5.96 Å². The summed E-state index contributed by atoms with van der Waals surface area (Å²) in [6, 6.07) is 0. The number of alkyl halides is 3. The minimum atomic E-state index is -4.84. The molecule has 1 rings (SSSR count). The van der Waals surface area contributed by atoms with E-state index in [-0.39, 0.29) is 6.54 Å². The van der Waals surface area contributed by atoms with E-state index in [1.165, 1.54) is 24.0 Å². The predicted molar refractivity (Wildman–Crippen MR) is 110 cm³/mol. The molecule has 168 valence electrons. The van der Waals surface area contributed by atoms with Crippen molar-refractivity contribution in [1.82, 2.24) is 20.2 Å². The zero-order valence-electron chi connectivity index (χ0n) is 18.0. The van der Waals surface area contributed by atoms with Crippen LogP contribution in [0.2, 0.25) is 0 Å². The van der Waals surface area contributed by atoms with Gasteiger partial charge in [-0.25, -0.2) is 4.98 Å². The summed E-state index contributed by atoms with van der Waals surface area (Å²) in [5, 5.41) is 16.4. The van der Waals surface area contributed by atoms with Gasteiger partial charge in [0.1, 0.15) is 5.82 Å². The number of hydrogen-bond acceptors (Lipinski definition) is 3. The number of aliphatic imine (C=N–C) groups is 1. The van der Waals surface area contributed by atoms with Gasteiger partial charge in [0.05, 0.1) is 0 Å². The Kier molecular flexibility index (Phi) is 10.5. The van der Waals surface area contributed by atoms with Crippen molar-refractivity contribution in [2.45, 2.75) is 71.1 Å². The second-order valence-electron chi connectivity index (χ2n) is 7.41. The van der Waals surface area contributed by atoms with Gasteiger partial charge in [0.25, 0.3) is 0 Å². The van der Waals surface area contributed by atoms with Gasteiger partial charge in [0.2, 0.25) is 5.60 Å². The number of nitrogens with one attached hydrogen (secondary N) is 2. The number of halogens is 3. The van der Waals surface area contributed by atoms with E-state index in [9.17, 15) is 18.3 Å². The lowest BCUT2D eigenvalue weighted by atomic mass is 9.97. The standard InChI is InChI=1S/C20H36F3N5O/c1-5-8-10-16(9-6-2)15-27-18(24-7-3)26-12-11-19(29,20(21,22)23)17-25-13-14-28(17)4/h13-14,16,29H,5-12,15H2,1-4H3,(H2,24,26,27). The maximum atomic E-state index is 13.6. The number of unbranched alkanes of at least 4 members (excludes halogenated alkanes) is 1. The minimum Gasteiger partial charge on any atom is -0.374 e. The number of aromatic nitrogens is 2. The molecule has 6 nitrogen and oxygen atoms in total. The summed E-state index contributed by atoms with van der Waals surface area (Å²) in [4.78, 5) is 8.27. The lowest BCUT2D eigenvalue weighted by molar-refractivity contribution is -0.272. The van der Waals surface area contributed by atoms with Crippen LogP contribution in [0.1, 0.15) is 65.1 Å². The smallest absolute Gasteiger partial charge is 0.374 e. The summed E-state index contributed by atoms with van der Waals surface area (Å²) in [5.74, 6) is 0.515. The number of aliphatic hydroxyl groups is 1. The summed E-state index contributed by atoms with van der Waals surface area (Å²) in [6.07, 6.45) is 2.75. The Morgan fingerprint density at radius 2 is 1.93 bits per heavy atom. The van der Waals surface area contributed by atoms with Crippen LogP contribution in [-0.4, -0.2) is 46.4 Å². The summed E-state index contributed by atoms with van der Waals surface area (Å²) in [7, 11) is 1.43. The highest BCUT2D eigenvalue weighted by molar-refractivity contribution is 5.79. The molecule has 0 radical (unpaired) electrons. The molecule has 1 heterocycles. The van der Waals surface area contributed by atoms with Crippen LogP contribution in [0.4, 0.5) is 13.2 Å². The Morgan fingerprint density at radius 1 is 1.21 bits per heavy atom. The van der Waals surface area contributed by atoms with Crippen molar-refractivity contribution in [3.05, 3.63) is 18.2 Å². The third-order valence-corrected chi connectivity index (χ3v) is 4.95. The molecule has 0 amide bonds. The molecule has 2 atom stereocenters. The van der Waals surface area contributed by atoms with Crippen LogP contribution in [-0.2, 0) is 12.6 Å². The number of aryl methyl sites for hydroxylation is 1. The first-order chi connectivity index (χ1) is 13.7. The summed E-state index contributed by atoms with van der Waals surface area (Å²) in [5.41, 5.74) is -3.03. The van der Waals surface area contributed by atoms with E-state index in [0.717, 1.165) is 32.1 Å². The van der Waals surface area contributed by atoms with Gasteiger partial charge in [-0.2, -0.15) is 13.2 Å². The van der Waals surface area contributed by atoms with Crippen LogP contribution < -0.4 is 10.6 Å². The summed E-state index contributed by atoms with van der Waals surface area (Å²) < 4.78 is 42.0. The molecule has 0 aromatic carbocycles. The van der Waals surface area contributed by atoms with Crippen LogP contribution in [0.15, 0.2) is 17.4 Å². The summed E-state index contributed by atoms with van der Waals surface area (Å²) >= 11 is 0. The Bertz CT molecular complexity index is 618. The van der Waals surface area contributed by atoms with Crippen LogP contribution in [0.25, 0.3) is 0 Å². The first-order valence-electron chi connectivity index (χ1n) is 10.5. The maximum absolute atomic E-state index is 13.6. The molecule has 2 unspecified atom stereocenters. The Balaban J connectivity index is 2.80. The number of hydrogen-bond donors (Lipinski definition) is 3. The van der Waals surface area contributed by atoms with E-state index in [2.05, 4.69) is 34.5 Å². The fraction of sp³-hybridized carbons (Fsp3) is 0.800. The van der Waals surface area contributed by atoms with Crippen molar-refractivity contribution in [3.8, 4) is 0 Å². The van der Waals surface area contributed by atoms with E-state index in [4.69, 9.17) is 0 Å². The highest BCUT2D eigenvalue weighted by Gasteiger charge is 2.57. The zero-order valence-corrected chi connectivity index (χ0v) is 18.0. The SMILES string of the molecule is CCCCC(CCC)CN=C(NCC)NCCC(O)(c1nccn1C)C(F)(F)F. The van der Waals surface area contributed by atoms with Crippen LogP contribution in [0.3, 0.4) is 0 Å². The molecule has 0 bridgehead atoms. The fourth-order valence-electron chi connectivity index (χ4n) is 3.30. The first-order valence-corrected chi connectivity index (χ1v) is 10.5. The quantitative estimate of drug-likeness (QED) is 0.357. The topological polar surface area (TPSA) is 74.5 Å². The summed E-state index contributed by atoms with van der Waals surface area (Å²) in [6.45, 7) is 7.33. The average molecular weight is 420 g/mol. The molecule has 1 aromatic heterocycles. The number of rotatable bonds is 12. The molecule has 0 fully saturated rings. The molecule has 0 aliphatic heterocycles.